The topological polar surface area (TPSA) is 43.4 Å². The summed E-state index contributed by atoms with van der Waals surface area (Å²) < 4.78 is 4.83. The number of hydrogen-bond donors (Lipinski definition) is 0. The van der Waals surface area contributed by atoms with Crippen molar-refractivity contribution in [3.05, 3.63) is 0 Å². The molecule has 0 N–H and O–H groups in total. The van der Waals surface area contributed by atoms with Crippen LogP contribution in [0.1, 0.15) is 45.4 Å². The highest BCUT2D eigenvalue weighted by atomic mass is 16.5. The van der Waals surface area contributed by atoms with Gasteiger partial charge >= 0.3 is 5.97 Å². The van der Waals surface area contributed by atoms with E-state index in [4.69, 9.17) is 4.74 Å². The number of rotatable bonds is 3. The van der Waals surface area contributed by atoms with E-state index in [2.05, 4.69) is 6.92 Å². The number of carbonyl (C=O) groups excluding carboxylic acids is 2. The summed E-state index contributed by atoms with van der Waals surface area (Å²) in [4.78, 5) is 24.2. The first-order valence-corrected chi connectivity index (χ1v) is 6.23. The third-order valence-electron chi connectivity index (χ3n) is 4.17. The van der Waals surface area contributed by atoms with Gasteiger partial charge < -0.3 is 4.74 Å². The monoisotopic (exact) mass is 224 g/mol. The summed E-state index contributed by atoms with van der Waals surface area (Å²) in [6.45, 7) is 2.09. The molecule has 2 fully saturated rings. The molecule has 0 atom stereocenters. The Kier molecular flexibility index (Phi) is 3.04. The van der Waals surface area contributed by atoms with Gasteiger partial charge in [0.2, 0.25) is 0 Å². The van der Waals surface area contributed by atoms with E-state index in [1.54, 1.807) is 0 Å². The molecule has 0 aliphatic heterocycles. The average Bonchev–Trinajstić information content (AvgIpc) is 2.75. The minimum atomic E-state index is -0.775. The lowest BCUT2D eigenvalue weighted by molar-refractivity contribution is -0.169. The van der Waals surface area contributed by atoms with Crippen LogP contribution in [0.25, 0.3) is 0 Å². The number of ketones is 1. The summed E-state index contributed by atoms with van der Waals surface area (Å²) in [6.07, 6.45) is 5.56. The van der Waals surface area contributed by atoms with Crippen LogP contribution in [-0.2, 0) is 14.3 Å². The predicted octanol–water partition coefficient (Wildman–Crippen LogP) is 2.33. The summed E-state index contributed by atoms with van der Waals surface area (Å²) >= 11 is 0. The molecule has 3 nitrogen and oxygen atoms in total. The molecule has 90 valence electrons. The Morgan fingerprint density at radius 3 is 2.19 bits per heavy atom. The van der Waals surface area contributed by atoms with Crippen molar-refractivity contribution in [2.45, 2.75) is 45.4 Å². The van der Waals surface area contributed by atoms with E-state index in [0.717, 1.165) is 25.7 Å². The van der Waals surface area contributed by atoms with Crippen LogP contribution in [0.15, 0.2) is 0 Å². The third kappa shape index (κ3) is 1.66. The Labute approximate surface area is 96.5 Å². The van der Waals surface area contributed by atoms with E-state index < -0.39 is 5.41 Å². The van der Waals surface area contributed by atoms with E-state index in [-0.39, 0.29) is 17.7 Å². The van der Waals surface area contributed by atoms with Gasteiger partial charge in [0.25, 0.3) is 0 Å². The molecule has 0 bridgehead atoms. The van der Waals surface area contributed by atoms with Crippen molar-refractivity contribution in [2.24, 2.45) is 17.3 Å². The largest absolute Gasteiger partial charge is 0.468 e. The third-order valence-corrected chi connectivity index (χ3v) is 4.17. The summed E-state index contributed by atoms with van der Waals surface area (Å²) in [5, 5.41) is 0. The molecule has 3 heteroatoms. The molecule has 0 unspecified atom stereocenters. The van der Waals surface area contributed by atoms with Crippen molar-refractivity contribution in [2.75, 3.05) is 7.11 Å². The molecule has 0 aromatic heterocycles. The van der Waals surface area contributed by atoms with Crippen LogP contribution in [0, 0.1) is 17.3 Å². The average molecular weight is 224 g/mol. The summed E-state index contributed by atoms with van der Waals surface area (Å²) in [5.74, 6) is 0.452. The predicted molar refractivity (Wildman–Crippen MR) is 59.8 cm³/mol. The first kappa shape index (κ1) is 11.6. The van der Waals surface area contributed by atoms with Crippen molar-refractivity contribution < 1.29 is 14.3 Å². The fourth-order valence-corrected chi connectivity index (χ4v) is 3.37. The highest BCUT2D eigenvalue weighted by molar-refractivity contribution is 6.05. The Morgan fingerprint density at radius 2 is 1.75 bits per heavy atom. The number of methoxy groups -OCH3 is 1. The van der Waals surface area contributed by atoms with Crippen molar-refractivity contribution in [3.63, 3.8) is 0 Å². The second kappa shape index (κ2) is 4.19. The van der Waals surface area contributed by atoms with E-state index in [1.807, 2.05) is 0 Å². The number of hydrogen-bond acceptors (Lipinski definition) is 3. The Balaban J connectivity index is 2.13. The number of esters is 1. The Morgan fingerprint density at radius 1 is 1.19 bits per heavy atom. The number of Topliss-reactive ketones (excluding diaryl/α,β-unsaturated/α-hetero) is 1. The van der Waals surface area contributed by atoms with Crippen LogP contribution in [0.5, 0.6) is 0 Å². The lowest BCUT2D eigenvalue weighted by atomic mass is 9.58. The van der Waals surface area contributed by atoms with Crippen LogP contribution in [0.3, 0.4) is 0 Å². The maximum absolute atomic E-state index is 12.4. The van der Waals surface area contributed by atoms with Crippen LogP contribution < -0.4 is 0 Å². The second-order valence-corrected chi connectivity index (χ2v) is 5.43. The fourth-order valence-electron chi connectivity index (χ4n) is 3.37. The Bertz CT molecular complexity index is 296. The van der Waals surface area contributed by atoms with Crippen molar-refractivity contribution in [1.82, 2.24) is 0 Å². The molecule has 0 aromatic rings. The molecule has 0 heterocycles. The summed E-state index contributed by atoms with van der Waals surface area (Å²) in [6, 6.07) is 0. The molecular weight excluding hydrogens is 204 g/mol. The van der Waals surface area contributed by atoms with Gasteiger partial charge in [-0.25, -0.2) is 0 Å². The molecule has 0 radical (unpaired) electrons. The van der Waals surface area contributed by atoms with Crippen molar-refractivity contribution >= 4 is 11.8 Å². The molecule has 16 heavy (non-hydrogen) atoms. The normalized spacial score (nSPS) is 34.5. The second-order valence-electron chi connectivity index (χ2n) is 5.43. The van der Waals surface area contributed by atoms with Gasteiger partial charge in [-0.15, -0.1) is 0 Å². The zero-order valence-electron chi connectivity index (χ0n) is 10.1. The van der Waals surface area contributed by atoms with Crippen molar-refractivity contribution in [1.29, 1.82) is 0 Å². The number of ether oxygens (including phenoxy) is 1. The van der Waals surface area contributed by atoms with Gasteiger partial charge in [-0.05, 0) is 31.6 Å². The number of carbonyl (C=O) groups is 2. The Hall–Kier alpha value is -0.860. The van der Waals surface area contributed by atoms with Crippen LogP contribution in [-0.4, -0.2) is 18.9 Å². The SMILES string of the molecule is COC(=O)C1(C(=O)C2CCCC2)CC(C)C1. The van der Waals surface area contributed by atoms with Gasteiger partial charge in [-0.2, -0.15) is 0 Å². The van der Waals surface area contributed by atoms with Crippen LogP contribution >= 0.6 is 0 Å². The first-order chi connectivity index (χ1) is 7.60. The quantitative estimate of drug-likeness (QED) is 0.546. The molecule has 0 spiro atoms. The zero-order chi connectivity index (χ0) is 11.8. The van der Waals surface area contributed by atoms with Gasteiger partial charge in [0.15, 0.2) is 5.78 Å². The molecule has 0 amide bonds. The van der Waals surface area contributed by atoms with Gasteiger partial charge in [0, 0.05) is 5.92 Å². The molecule has 2 aliphatic carbocycles. The molecule has 2 aliphatic rings. The molecule has 2 saturated carbocycles. The molecule has 0 aromatic carbocycles. The summed E-state index contributed by atoms with van der Waals surface area (Å²) in [5.41, 5.74) is -0.775. The van der Waals surface area contributed by atoms with E-state index >= 15 is 0 Å². The van der Waals surface area contributed by atoms with Gasteiger partial charge in [-0.1, -0.05) is 19.8 Å². The smallest absolute Gasteiger partial charge is 0.319 e. The molecule has 2 rings (SSSR count). The fraction of sp³-hybridized carbons (Fsp3) is 0.846. The molecular formula is C13H20O3. The maximum atomic E-state index is 12.4. The minimum Gasteiger partial charge on any atom is -0.468 e. The van der Waals surface area contributed by atoms with Gasteiger partial charge in [0.05, 0.1) is 7.11 Å². The zero-order valence-corrected chi connectivity index (χ0v) is 10.1. The van der Waals surface area contributed by atoms with Gasteiger partial charge in [-0.3, -0.25) is 9.59 Å². The standard InChI is InChI=1S/C13H20O3/c1-9-7-13(8-9,12(15)16-2)11(14)10-5-3-4-6-10/h9-10H,3-8H2,1-2H3. The lowest BCUT2D eigenvalue weighted by Crippen LogP contribution is -2.51. The highest BCUT2D eigenvalue weighted by Crippen LogP contribution is 2.50. The van der Waals surface area contributed by atoms with E-state index in [9.17, 15) is 9.59 Å². The van der Waals surface area contributed by atoms with E-state index in [1.165, 1.54) is 7.11 Å². The maximum Gasteiger partial charge on any atom is 0.319 e. The van der Waals surface area contributed by atoms with E-state index in [0.29, 0.717) is 18.8 Å². The van der Waals surface area contributed by atoms with Crippen LogP contribution in [0.2, 0.25) is 0 Å². The lowest BCUT2D eigenvalue weighted by Gasteiger charge is -2.43. The molecule has 0 saturated heterocycles. The van der Waals surface area contributed by atoms with Crippen LogP contribution in [0.4, 0.5) is 0 Å². The first-order valence-electron chi connectivity index (χ1n) is 6.23. The highest BCUT2D eigenvalue weighted by Gasteiger charge is 2.56. The summed E-state index contributed by atoms with van der Waals surface area (Å²) in [7, 11) is 1.38. The minimum absolute atomic E-state index is 0.117. The van der Waals surface area contributed by atoms with Crippen molar-refractivity contribution in [3.8, 4) is 0 Å². The van der Waals surface area contributed by atoms with Gasteiger partial charge in [0.1, 0.15) is 5.41 Å².